The summed E-state index contributed by atoms with van der Waals surface area (Å²) < 4.78 is 16.7. The summed E-state index contributed by atoms with van der Waals surface area (Å²) in [5, 5.41) is 9.85. The van der Waals surface area contributed by atoms with Crippen molar-refractivity contribution in [2.45, 2.75) is 19.1 Å². The van der Waals surface area contributed by atoms with Crippen molar-refractivity contribution in [1.82, 2.24) is 4.98 Å². The van der Waals surface area contributed by atoms with E-state index < -0.39 is 5.97 Å². The van der Waals surface area contributed by atoms with E-state index in [0.29, 0.717) is 41.4 Å². The molecule has 140 valence electrons. The van der Waals surface area contributed by atoms with Crippen LogP contribution in [0.2, 0.25) is 0 Å². The Bertz CT molecular complexity index is 946. The van der Waals surface area contributed by atoms with Gasteiger partial charge < -0.3 is 19.0 Å². The standard InChI is InChI=1S/C20H19NO5S/c1-3-24-16-10-9-13(11-17(16)25-4-2)12-18(19(22)23)27-20-21-14-7-5-6-8-15(14)26-20/h5-12H,3-4H2,1-2H3,(H,22,23)/b18-12+. The van der Waals surface area contributed by atoms with Gasteiger partial charge in [0, 0.05) is 0 Å². The zero-order chi connectivity index (χ0) is 19.2. The first-order valence-electron chi connectivity index (χ1n) is 8.48. The SMILES string of the molecule is CCOc1ccc(/C=C(/Sc2nc3ccccc3o2)C(=O)O)cc1OCC. The van der Waals surface area contributed by atoms with E-state index in [1.165, 1.54) is 0 Å². The second-order valence-corrected chi connectivity index (χ2v) is 6.43. The Labute approximate surface area is 160 Å². The molecule has 3 aromatic rings. The zero-order valence-corrected chi connectivity index (χ0v) is 15.8. The van der Waals surface area contributed by atoms with Crippen molar-refractivity contribution < 1.29 is 23.8 Å². The van der Waals surface area contributed by atoms with Crippen LogP contribution in [0.25, 0.3) is 17.2 Å². The molecule has 0 saturated carbocycles. The molecule has 0 bridgehead atoms. The first-order chi connectivity index (χ1) is 13.1. The second kappa shape index (κ2) is 8.64. The number of benzene rings is 2. The minimum atomic E-state index is -1.06. The van der Waals surface area contributed by atoms with Gasteiger partial charge in [-0.1, -0.05) is 18.2 Å². The summed E-state index contributed by atoms with van der Waals surface area (Å²) in [5.74, 6) is 0.138. The first-order valence-corrected chi connectivity index (χ1v) is 9.30. The Hall–Kier alpha value is -2.93. The maximum absolute atomic E-state index is 11.7. The Morgan fingerprint density at radius 1 is 1.15 bits per heavy atom. The number of aromatic nitrogens is 1. The van der Waals surface area contributed by atoms with Gasteiger partial charge in [-0.3, -0.25) is 0 Å². The molecule has 0 spiro atoms. The zero-order valence-electron chi connectivity index (χ0n) is 15.0. The van der Waals surface area contributed by atoms with Crippen molar-refractivity contribution in [3.8, 4) is 11.5 Å². The lowest BCUT2D eigenvalue weighted by molar-refractivity contribution is -0.131. The molecule has 2 aromatic carbocycles. The van der Waals surface area contributed by atoms with E-state index in [9.17, 15) is 9.90 Å². The van der Waals surface area contributed by atoms with Crippen molar-refractivity contribution in [2.75, 3.05) is 13.2 Å². The molecule has 0 saturated heterocycles. The third-order valence-electron chi connectivity index (χ3n) is 3.55. The Kier molecular flexibility index (Phi) is 6.03. The summed E-state index contributed by atoms with van der Waals surface area (Å²) >= 11 is 0.963. The maximum atomic E-state index is 11.7. The molecule has 27 heavy (non-hydrogen) atoms. The number of rotatable bonds is 8. The lowest BCUT2D eigenvalue weighted by atomic mass is 10.2. The van der Waals surface area contributed by atoms with Crippen molar-refractivity contribution in [1.29, 1.82) is 0 Å². The van der Waals surface area contributed by atoms with Crippen LogP contribution >= 0.6 is 11.8 Å². The molecule has 1 aromatic heterocycles. The highest BCUT2D eigenvalue weighted by Crippen LogP contribution is 2.33. The summed E-state index contributed by atoms with van der Waals surface area (Å²) in [6.07, 6.45) is 1.56. The number of para-hydroxylation sites is 2. The predicted octanol–water partition coefficient (Wildman–Crippen LogP) is 4.84. The predicted molar refractivity (Wildman–Crippen MR) is 104 cm³/mol. The van der Waals surface area contributed by atoms with Gasteiger partial charge >= 0.3 is 5.97 Å². The summed E-state index contributed by atoms with van der Waals surface area (Å²) in [6, 6.07) is 12.6. The number of hydrogen-bond donors (Lipinski definition) is 1. The fraction of sp³-hybridized carbons (Fsp3) is 0.200. The van der Waals surface area contributed by atoms with Crippen LogP contribution in [0.3, 0.4) is 0 Å². The summed E-state index contributed by atoms with van der Waals surface area (Å²) in [4.78, 5) is 16.1. The number of hydrogen-bond acceptors (Lipinski definition) is 6. The molecule has 0 amide bonds. The van der Waals surface area contributed by atoms with Gasteiger partial charge in [-0.15, -0.1) is 0 Å². The number of carboxylic acid groups (broad SMARTS) is 1. The summed E-state index contributed by atoms with van der Waals surface area (Å²) in [5.41, 5.74) is 1.98. The maximum Gasteiger partial charge on any atom is 0.342 e. The largest absolute Gasteiger partial charge is 0.490 e. The van der Waals surface area contributed by atoms with Gasteiger partial charge in [0.2, 0.25) is 0 Å². The Balaban J connectivity index is 1.90. The van der Waals surface area contributed by atoms with Crippen molar-refractivity contribution in [3.63, 3.8) is 0 Å². The van der Waals surface area contributed by atoms with Gasteiger partial charge in [0.05, 0.1) is 13.2 Å². The second-order valence-electron chi connectivity index (χ2n) is 5.44. The van der Waals surface area contributed by atoms with E-state index >= 15 is 0 Å². The van der Waals surface area contributed by atoms with Gasteiger partial charge in [-0.2, -0.15) is 0 Å². The minimum Gasteiger partial charge on any atom is -0.490 e. The molecule has 0 aliphatic rings. The Morgan fingerprint density at radius 2 is 1.89 bits per heavy atom. The summed E-state index contributed by atoms with van der Waals surface area (Å²) in [7, 11) is 0. The number of nitrogens with zero attached hydrogens (tertiary/aromatic N) is 1. The molecule has 0 atom stereocenters. The molecule has 6 nitrogen and oxygen atoms in total. The molecular weight excluding hydrogens is 366 g/mol. The molecule has 0 radical (unpaired) electrons. The highest BCUT2D eigenvalue weighted by Gasteiger charge is 2.15. The van der Waals surface area contributed by atoms with Gasteiger partial charge in [-0.05, 0) is 61.5 Å². The molecule has 0 aliphatic heterocycles. The van der Waals surface area contributed by atoms with Gasteiger partial charge in [0.15, 0.2) is 17.1 Å². The molecular formula is C20H19NO5S. The van der Waals surface area contributed by atoms with E-state index in [4.69, 9.17) is 13.9 Å². The first kappa shape index (κ1) is 18.8. The number of ether oxygens (including phenoxy) is 2. The van der Waals surface area contributed by atoms with E-state index in [1.54, 1.807) is 30.3 Å². The number of aliphatic carboxylic acids is 1. The molecule has 0 fully saturated rings. The van der Waals surface area contributed by atoms with E-state index in [0.717, 1.165) is 11.8 Å². The fourth-order valence-corrected chi connectivity index (χ4v) is 3.18. The van der Waals surface area contributed by atoms with Crippen LogP contribution in [0.5, 0.6) is 11.5 Å². The van der Waals surface area contributed by atoms with E-state index in [1.807, 2.05) is 32.0 Å². The molecule has 7 heteroatoms. The third kappa shape index (κ3) is 4.62. The molecule has 1 heterocycles. The molecule has 0 aliphatic carbocycles. The average molecular weight is 385 g/mol. The summed E-state index contributed by atoms with van der Waals surface area (Å²) in [6.45, 7) is 4.77. The number of carbonyl (C=O) groups is 1. The van der Waals surface area contributed by atoms with Crippen LogP contribution in [-0.2, 0) is 4.79 Å². The highest BCUT2D eigenvalue weighted by atomic mass is 32.2. The van der Waals surface area contributed by atoms with E-state index in [-0.39, 0.29) is 10.1 Å². The average Bonchev–Trinajstić information content (AvgIpc) is 3.06. The van der Waals surface area contributed by atoms with Gasteiger partial charge in [0.1, 0.15) is 10.4 Å². The Morgan fingerprint density at radius 3 is 2.59 bits per heavy atom. The van der Waals surface area contributed by atoms with Crippen LogP contribution in [0.15, 0.2) is 57.0 Å². The topological polar surface area (TPSA) is 81.8 Å². The van der Waals surface area contributed by atoms with Crippen molar-refractivity contribution in [2.24, 2.45) is 0 Å². The van der Waals surface area contributed by atoms with E-state index in [2.05, 4.69) is 4.98 Å². The van der Waals surface area contributed by atoms with Crippen molar-refractivity contribution >= 4 is 34.9 Å². The lowest BCUT2D eigenvalue weighted by Crippen LogP contribution is -1.99. The lowest BCUT2D eigenvalue weighted by Gasteiger charge is -2.11. The fourth-order valence-electron chi connectivity index (χ4n) is 2.43. The van der Waals surface area contributed by atoms with Gasteiger partial charge in [-0.25, -0.2) is 9.78 Å². The van der Waals surface area contributed by atoms with Crippen LogP contribution < -0.4 is 9.47 Å². The highest BCUT2D eigenvalue weighted by molar-refractivity contribution is 8.03. The number of carboxylic acids is 1. The van der Waals surface area contributed by atoms with Crippen LogP contribution in [0.1, 0.15) is 19.4 Å². The third-order valence-corrected chi connectivity index (χ3v) is 4.41. The van der Waals surface area contributed by atoms with Gasteiger partial charge in [0.25, 0.3) is 5.22 Å². The van der Waals surface area contributed by atoms with Crippen LogP contribution in [0, 0.1) is 0 Å². The minimum absolute atomic E-state index is 0.0909. The smallest absolute Gasteiger partial charge is 0.342 e. The number of thioether (sulfide) groups is 1. The normalized spacial score (nSPS) is 11.6. The quantitative estimate of drug-likeness (QED) is 0.439. The number of oxazole rings is 1. The molecule has 1 N–H and O–H groups in total. The monoisotopic (exact) mass is 385 g/mol. The number of fused-ring (bicyclic) bond motifs is 1. The van der Waals surface area contributed by atoms with Crippen LogP contribution in [0.4, 0.5) is 0 Å². The van der Waals surface area contributed by atoms with Crippen LogP contribution in [-0.4, -0.2) is 29.3 Å². The molecule has 0 unspecified atom stereocenters. The van der Waals surface area contributed by atoms with Crippen molar-refractivity contribution in [3.05, 3.63) is 52.9 Å². The molecule has 3 rings (SSSR count).